The Labute approximate surface area is 123 Å². The molecule has 1 atom stereocenters. The van der Waals surface area contributed by atoms with Crippen molar-refractivity contribution in [1.29, 1.82) is 0 Å². The summed E-state index contributed by atoms with van der Waals surface area (Å²) in [7, 11) is 1.36. The quantitative estimate of drug-likeness (QED) is 0.791. The van der Waals surface area contributed by atoms with Crippen molar-refractivity contribution < 1.29 is 14.3 Å². The number of ether oxygens (including phenoxy) is 1. The minimum absolute atomic E-state index is 0.0514. The van der Waals surface area contributed by atoms with Crippen LogP contribution < -0.4 is 0 Å². The van der Waals surface area contributed by atoms with Gasteiger partial charge in [0.1, 0.15) is 0 Å². The van der Waals surface area contributed by atoms with Gasteiger partial charge >= 0.3 is 5.97 Å². The monoisotopic (exact) mass is 280 g/mol. The first-order chi connectivity index (χ1) is 10.1. The van der Waals surface area contributed by atoms with E-state index in [9.17, 15) is 9.59 Å². The third-order valence-electron chi connectivity index (χ3n) is 3.99. The molecule has 0 spiro atoms. The molecule has 1 unspecified atom stereocenters. The molecule has 2 aromatic carbocycles. The van der Waals surface area contributed by atoms with E-state index in [0.29, 0.717) is 5.56 Å². The van der Waals surface area contributed by atoms with E-state index in [0.717, 1.165) is 28.7 Å². The summed E-state index contributed by atoms with van der Waals surface area (Å²) in [4.78, 5) is 23.8. The van der Waals surface area contributed by atoms with E-state index < -0.39 is 0 Å². The van der Waals surface area contributed by atoms with E-state index >= 15 is 0 Å². The lowest BCUT2D eigenvalue weighted by atomic mass is 9.95. The van der Waals surface area contributed by atoms with Crippen molar-refractivity contribution in [3.05, 3.63) is 59.2 Å². The van der Waals surface area contributed by atoms with Crippen LogP contribution in [0.4, 0.5) is 0 Å². The molecule has 1 aliphatic carbocycles. The normalized spacial score (nSPS) is 16.7. The van der Waals surface area contributed by atoms with E-state index in [1.807, 2.05) is 37.3 Å². The van der Waals surface area contributed by atoms with Crippen molar-refractivity contribution in [2.75, 3.05) is 7.11 Å². The summed E-state index contributed by atoms with van der Waals surface area (Å²) in [5.41, 5.74) is 4.34. The highest BCUT2D eigenvalue weighted by Gasteiger charge is 2.29. The molecule has 2 aromatic rings. The fourth-order valence-electron chi connectivity index (χ4n) is 2.87. The lowest BCUT2D eigenvalue weighted by Crippen LogP contribution is -2.04. The highest BCUT2D eigenvalue weighted by molar-refractivity contribution is 6.07. The Hall–Kier alpha value is -2.42. The van der Waals surface area contributed by atoms with Gasteiger partial charge in [-0.1, -0.05) is 37.3 Å². The second kappa shape index (κ2) is 5.17. The second-order valence-corrected chi connectivity index (χ2v) is 5.38. The minimum atomic E-state index is -0.357. The second-order valence-electron chi connectivity index (χ2n) is 5.38. The highest BCUT2D eigenvalue weighted by atomic mass is 16.5. The molecule has 0 aromatic heterocycles. The average molecular weight is 280 g/mol. The minimum Gasteiger partial charge on any atom is -0.465 e. The van der Waals surface area contributed by atoms with Gasteiger partial charge in [-0.15, -0.1) is 0 Å². The molecule has 3 rings (SSSR count). The number of hydrogen-bond donors (Lipinski definition) is 0. The molecule has 0 fully saturated rings. The summed E-state index contributed by atoms with van der Waals surface area (Å²) in [5.74, 6) is -0.0994. The molecule has 0 N–H and O–H groups in total. The Bertz CT molecular complexity index is 714. The van der Waals surface area contributed by atoms with Crippen LogP contribution in [0.3, 0.4) is 0 Å². The number of esters is 1. The van der Waals surface area contributed by atoms with Crippen LogP contribution in [-0.2, 0) is 11.2 Å². The Kier molecular flexibility index (Phi) is 3.34. The van der Waals surface area contributed by atoms with Gasteiger partial charge in [-0.25, -0.2) is 4.79 Å². The largest absolute Gasteiger partial charge is 0.465 e. The van der Waals surface area contributed by atoms with Crippen LogP contribution >= 0.6 is 0 Å². The van der Waals surface area contributed by atoms with Crippen LogP contribution in [0.2, 0.25) is 0 Å². The number of Topliss-reactive ketones (excluding diaryl/α,β-unsaturated/α-hetero) is 1. The molecule has 0 amide bonds. The van der Waals surface area contributed by atoms with Crippen molar-refractivity contribution in [2.45, 2.75) is 13.3 Å². The summed E-state index contributed by atoms with van der Waals surface area (Å²) < 4.78 is 4.69. The third-order valence-corrected chi connectivity index (χ3v) is 3.99. The van der Waals surface area contributed by atoms with Crippen LogP contribution in [-0.4, -0.2) is 18.9 Å². The standard InChI is InChI=1S/C18H16O3/c1-11-10-14-4-3-5-15(16(14)17(11)19)12-6-8-13(9-7-12)18(20)21-2/h3-9,11H,10H2,1-2H3. The van der Waals surface area contributed by atoms with Gasteiger partial charge in [0.2, 0.25) is 0 Å². The van der Waals surface area contributed by atoms with Gasteiger partial charge in [0.15, 0.2) is 5.78 Å². The van der Waals surface area contributed by atoms with Gasteiger partial charge in [0.05, 0.1) is 12.7 Å². The highest BCUT2D eigenvalue weighted by Crippen LogP contribution is 2.34. The maximum absolute atomic E-state index is 12.3. The van der Waals surface area contributed by atoms with Crippen LogP contribution in [0.25, 0.3) is 11.1 Å². The zero-order valence-electron chi connectivity index (χ0n) is 12.1. The Morgan fingerprint density at radius 3 is 2.52 bits per heavy atom. The number of carbonyl (C=O) groups is 2. The van der Waals surface area contributed by atoms with Gasteiger partial charge < -0.3 is 4.74 Å². The maximum Gasteiger partial charge on any atom is 0.337 e. The zero-order valence-corrected chi connectivity index (χ0v) is 12.1. The molecular formula is C18H16O3. The fraction of sp³-hybridized carbons (Fsp3) is 0.222. The molecule has 0 heterocycles. The van der Waals surface area contributed by atoms with Gasteiger partial charge in [-0.05, 0) is 35.2 Å². The number of methoxy groups -OCH3 is 1. The molecular weight excluding hydrogens is 264 g/mol. The topological polar surface area (TPSA) is 43.4 Å². The first-order valence-electron chi connectivity index (χ1n) is 6.96. The molecule has 21 heavy (non-hydrogen) atoms. The van der Waals surface area contributed by atoms with E-state index in [-0.39, 0.29) is 17.7 Å². The molecule has 0 saturated heterocycles. The van der Waals surface area contributed by atoms with E-state index in [2.05, 4.69) is 0 Å². The summed E-state index contributed by atoms with van der Waals surface area (Å²) in [6.45, 7) is 1.96. The molecule has 106 valence electrons. The van der Waals surface area contributed by atoms with Gasteiger partial charge in [-0.2, -0.15) is 0 Å². The number of benzene rings is 2. The molecule has 0 saturated carbocycles. The summed E-state index contributed by atoms with van der Waals surface area (Å²) >= 11 is 0. The molecule has 0 radical (unpaired) electrons. The lowest BCUT2D eigenvalue weighted by Gasteiger charge is -2.08. The SMILES string of the molecule is COC(=O)c1ccc(-c2cccc3c2C(=O)C(C)C3)cc1. The third kappa shape index (κ3) is 2.25. The van der Waals surface area contributed by atoms with E-state index in [1.165, 1.54) is 7.11 Å². The predicted molar refractivity (Wildman–Crippen MR) is 80.4 cm³/mol. The van der Waals surface area contributed by atoms with Gasteiger partial charge in [-0.3, -0.25) is 4.79 Å². The number of carbonyl (C=O) groups excluding carboxylic acids is 2. The van der Waals surface area contributed by atoms with Crippen molar-refractivity contribution in [3.8, 4) is 11.1 Å². The number of hydrogen-bond acceptors (Lipinski definition) is 3. The average Bonchev–Trinajstić information content (AvgIpc) is 2.81. The Morgan fingerprint density at radius 2 is 1.86 bits per heavy atom. The number of fused-ring (bicyclic) bond motifs is 1. The molecule has 3 nitrogen and oxygen atoms in total. The molecule has 3 heteroatoms. The molecule has 0 bridgehead atoms. The predicted octanol–water partition coefficient (Wildman–Crippen LogP) is 3.52. The summed E-state index contributed by atoms with van der Waals surface area (Å²) in [6, 6.07) is 13.1. The smallest absolute Gasteiger partial charge is 0.337 e. The summed E-state index contributed by atoms with van der Waals surface area (Å²) in [5, 5.41) is 0. The molecule has 1 aliphatic rings. The van der Waals surface area contributed by atoms with Crippen LogP contribution in [0.1, 0.15) is 33.2 Å². The van der Waals surface area contributed by atoms with Crippen molar-refractivity contribution in [3.63, 3.8) is 0 Å². The zero-order chi connectivity index (χ0) is 15.0. The first kappa shape index (κ1) is 13.6. The van der Waals surface area contributed by atoms with Crippen molar-refractivity contribution in [1.82, 2.24) is 0 Å². The first-order valence-corrected chi connectivity index (χ1v) is 6.96. The van der Waals surface area contributed by atoms with E-state index in [1.54, 1.807) is 12.1 Å². The van der Waals surface area contributed by atoms with E-state index in [4.69, 9.17) is 4.74 Å². The van der Waals surface area contributed by atoms with Crippen molar-refractivity contribution >= 4 is 11.8 Å². The number of rotatable bonds is 2. The molecule has 0 aliphatic heterocycles. The van der Waals surface area contributed by atoms with Gasteiger partial charge in [0.25, 0.3) is 0 Å². The summed E-state index contributed by atoms with van der Waals surface area (Å²) in [6.07, 6.45) is 0.808. The van der Waals surface area contributed by atoms with Crippen LogP contribution in [0.5, 0.6) is 0 Å². The van der Waals surface area contributed by atoms with Crippen molar-refractivity contribution in [2.24, 2.45) is 5.92 Å². The van der Waals surface area contributed by atoms with Gasteiger partial charge in [0, 0.05) is 11.5 Å². The Morgan fingerprint density at radius 1 is 1.14 bits per heavy atom. The lowest BCUT2D eigenvalue weighted by molar-refractivity contribution is 0.0600. The maximum atomic E-state index is 12.3. The fourth-order valence-corrected chi connectivity index (χ4v) is 2.87. The van der Waals surface area contributed by atoms with Crippen LogP contribution in [0.15, 0.2) is 42.5 Å². The Balaban J connectivity index is 2.05. The number of ketones is 1. The van der Waals surface area contributed by atoms with Crippen LogP contribution in [0, 0.1) is 5.92 Å².